The van der Waals surface area contributed by atoms with Gasteiger partial charge in [0.2, 0.25) is 11.8 Å². The normalized spacial score (nSPS) is 15.9. The third-order valence-electron chi connectivity index (χ3n) is 5.17. The molecule has 1 amide bonds. The second kappa shape index (κ2) is 9.54. The van der Waals surface area contributed by atoms with Crippen molar-refractivity contribution in [1.29, 1.82) is 0 Å². The van der Waals surface area contributed by atoms with Crippen LogP contribution in [-0.2, 0) is 11.3 Å². The number of benzene rings is 1. The molecule has 28 heavy (non-hydrogen) atoms. The number of likely N-dealkylation sites (N-methyl/N-ethyl adjacent to an activating group) is 1. The van der Waals surface area contributed by atoms with Gasteiger partial charge in [-0.05, 0) is 71.2 Å². The minimum absolute atomic E-state index is 0.112. The number of piperidine rings is 1. The molecule has 0 aliphatic carbocycles. The van der Waals surface area contributed by atoms with Crippen LogP contribution in [0.2, 0.25) is 5.02 Å². The van der Waals surface area contributed by atoms with Gasteiger partial charge in [-0.25, -0.2) is 4.98 Å². The van der Waals surface area contributed by atoms with Crippen molar-refractivity contribution in [2.75, 3.05) is 40.3 Å². The van der Waals surface area contributed by atoms with Gasteiger partial charge in [-0.3, -0.25) is 9.69 Å². The van der Waals surface area contributed by atoms with Gasteiger partial charge >= 0.3 is 0 Å². The summed E-state index contributed by atoms with van der Waals surface area (Å²) in [6.45, 7) is 6.07. The number of oxazole rings is 1. The first-order valence-electron chi connectivity index (χ1n) is 9.79. The lowest BCUT2D eigenvalue weighted by Crippen LogP contribution is -2.41. The second-order valence-corrected chi connectivity index (χ2v) is 8.11. The van der Waals surface area contributed by atoms with E-state index in [1.807, 2.05) is 45.3 Å². The molecule has 1 fully saturated rings. The molecule has 2 aromatic rings. The number of hydrogen-bond donors (Lipinski definition) is 1. The number of aromatic nitrogens is 1. The molecule has 1 aromatic heterocycles. The summed E-state index contributed by atoms with van der Waals surface area (Å²) in [6.07, 6.45) is 1.77. The van der Waals surface area contributed by atoms with Crippen LogP contribution < -0.4 is 5.32 Å². The number of carbonyl (C=O) groups is 1. The molecule has 1 N–H and O–H groups in total. The molecule has 7 heteroatoms. The van der Waals surface area contributed by atoms with Crippen LogP contribution in [-0.4, -0.2) is 61.0 Å². The maximum absolute atomic E-state index is 12.3. The molecular weight excluding hydrogens is 376 g/mol. The van der Waals surface area contributed by atoms with Crippen molar-refractivity contribution in [3.05, 3.63) is 40.7 Å². The van der Waals surface area contributed by atoms with Gasteiger partial charge in [-0.2, -0.15) is 0 Å². The van der Waals surface area contributed by atoms with Crippen LogP contribution >= 0.6 is 11.6 Å². The number of hydrogen-bond acceptors (Lipinski definition) is 5. The van der Waals surface area contributed by atoms with Gasteiger partial charge in [0.1, 0.15) is 5.76 Å². The number of rotatable bonds is 7. The van der Waals surface area contributed by atoms with Gasteiger partial charge in [0.25, 0.3) is 0 Å². The Labute approximate surface area is 171 Å². The Kier molecular flexibility index (Phi) is 7.10. The first-order valence-corrected chi connectivity index (χ1v) is 10.2. The van der Waals surface area contributed by atoms with Crippen LogP contribution in [0.15, 0.2) is 28.7 Å². The molecule has 0 unspecified atom stereocenters. The fourth-order valence-corrected chi connectivity index (χ4v) is 3.53. The molecule has 152 valence electrons. The third kappa shape index (κ3) is 5.56. The molecule has 1 saturated heterocycles. The molecule has 1 aliphatic rings. The zero-order chi connectivity index (χ0) is 20.1. The van der Waals surface area contributed by atoms with E-state index in [9.17, 15) is 4.79 Å². The highest BCUT2D eigenvalue weighted by Gasteiger charge is 2.26. The molecule has 1 aliphatic heterocycles. The highest BCUT2D eigenvalue weighted by atomic mass is 35.5. The molecule has 2 heterocycles. The number of amides is 1. The maximum atomic E-state index is 12.3. The predicted molar refractivity (Wildman–Crippen MR) is 111 cm³/mol. The highest BCUT2D eigenvalue weighted by Crippen LogP contribution is 2.25. The lowest BCUT2D eigenvalue weighted by Gasteiger charge is -2.30. The maximum Gasteiger partial charge on any atom is 0.226 e. The first kappa shape index (κ1) is 20.8. The molecule has 1 aromatic carbocycles. The van der Waals surface area contributed by atoms with Gasteiger partial charge in [-0.1, -0.05) is 11.6 Å². The Morgan fingerprint density at radius 3 is 2.61 bits per heavy atom. The smallest absolute Gasteiger partial charge is 0.226 e. The Bertz CT molecular complexity index is 780. The van der Waals surface area contributed by atoms with Crippen molar-refractivity contribution < 1.29 is 9.21 Å². The SMILES string of the molecule is Cc1oc(-c2ccc(Cl)cc2)nc1CN1CCC(C(=O)NCCN(C)C)CC1. The topological polar surface area (TPSA) is 61.6 Å². The standard InChI is InChI=1S/C21H29ClN4O2/c1-15-19(24-21(28-15)17-4-6-18(22)7-5-17)14-26-11-8-16(9-12-26)20(27)23-10-13-25(2)3/h4-7,16H,8-14H2,1-3H3,(H,23,27). The van der Waals surface area contributed by atoms with Crippen molar-refractivity contribution in [2.45, 2.75) is 26.3 Å². The van der Waals surface area contributed by atoms with E-state index in [0.717, 1.165) is 56.0 Å². The fraction of sp³-hybridized carbons (Fsp3) is 0.524. The first-order chi connectivity index (χ1) is 13.4. The zero-order valence-electron chi connectivity index (χ0n) is 16.9. The van der Waals surface area contributed by atoms with Crippen LogP contribution in [0, 0.1) is 12.8 Å². The van der Waals surface area contributed by atoms with Crippen molar-refractivity contribution in [1.82, 2.24) is 20.1 Å². The number of aryl methyl sites for hydroxylation is 1. The van der Waals surface area contributed by atoms with E-state index in [4.69, 9.17) is 16.0 Å². The van der Waals surface area contributed by atoms with Crippen molar-refractivity contribution in [2.24, 2.45) is 5.92 Å². The summed E-state index contributed by atoms with van der Waals surface area (Å²) < 4.78 is 5.86. The molecule has 0 atom stereocenters. The van der Waals surface area contributed by atoms with E-state index in [1.165, 1.54) is 0 Å². The zero-order valence-corrected chi connectivity index (χ0v) is 17.6. The van der Waals surface area contributed by atoms with Gasteiger partial charge < -0.3 is 14.6 Å². The quantitative estimate of drug-likeness (QED) is 0.767. The Hall–Kier alpha value is -1.89. The molecule has 0 radical (unpaired) electrons. The fourth-order valence-electron chi connectivity index (χ4n) is 3.40. The summed E-state index contributed by atoms with van der Waals surface area (Å²) in [5, 5.41) is 3.74. The summed E-state index contributed by atoms with van der Waals surface area (Å²) in [5.41, 5.74) is 1.88. The summed E-state index contributed by atoms with van der Waals surface area (Å²) in [7, 11) is 4.02. The average molecular weight is 405 g/mol. The summed E-state index contributed by atoms with van der Waals surface area (Å²) in [5.74, 6) is 1.76. The van der Waals surface area contributed by atoms with E-state index < -0.39 is 0 Å². The Morgan fingerprint density at radius 2 is 1.96 bits per heavy atom. The van der Waals surface area contributed by atoms with E-state index >= 15 is 0 Å². The van der Waals surface area contributed by atoms with E-state index in [1.54, 1.807) is 0 Å². The van der Waals surface area contributed by atoms with Crippen molar-refractivity contribution >= 4 is 17.5 Å². The van der Waals surface area contributed by atoms with Gasteiger partial charge in [0.15, 0.2) is 0 Å². The lowest BCUT2D eigenvalue weighted by molar-refractivity contribution is -0.126. The van der Waals surface area contributed by atoms with E-state index in [2.05, 4.69) is 20.1 Å². The number of carbonyl (C=O) groups excluding carboxylic acids is 1. The summed E-state index contributed by atoms with van der Waals surface area (Å²) in [4.78, 5) is 21.4. The van der Waals surface area contributed by atoms with Crippen LogP contribution in [0.25, 0.3) is 11.5 Å². The van der Waals surface area contributed by atoms with Crippen LogP contribution in [0.1, 0.15) is 24.3 Å². The van der Waals surface area contributed by atoms with Crippen molar-refractivity contribution in [3.8, 4) is 11.5 Å². The molecule has 0 bridgehead atoms. The van der Waals surface area contributed by atoms with Crippen LogP contribution in [0.5, 0.6) is 0 Å². The lowest BCUT2D eigenvalue weighted by atomic mass is 9.96. The summed E-state index contributed by atoms with van der Waals surface area (Å²) in [6, 6.07) is 7.50. The Balaban J connectivity index is 1.51. The number of nitrogens with one attached hydrogen (secondary N) is 1. The highest BCUT2D eigenvalue weighted by molar-refractivity contribution is 6.30. The van der Waals surface area contributed by atoms with E-state index in [0.29, 0.717) is 17.5 Å². The van der Waals surface area contributed by atoms with Gasteiger partial charge in [-0.15, -0.1) is 0 Å². The minimum atomic E-state index is 0.112. The number of likely N-dealkylation sites (tertiary alicyclic amines) is 1. The van der Waals surface area contributed by atoms with Crippen LogP contribution in [0.4, 0.5) is 0 Å². The molecule has 3 rings (SSSR count). The summed E-state index contributed by atoms with van der Waals surface area (Å²) >= 11 is 5.95. The monoisotopic (exact) mass is 404 g/mol. The van der Waals surface area contributed by atoms with Gasteiger partial charge in [0, 0.05) is 36.1 Å². The van der Waals surface area contributed by atoms with Crippen molar-refractivity contribution in [3.63, 3.8) is 0 Å². The molecule has 0 spiro atoms. The number of halogens is 1. The molecular formula is C21H29ClN4O2. The average Bonchev–Trinajstić information content (AvgIpc) is 3.03. The molecule has 0 saturated carbocycles. The predicted octanol–water partition coefficient (Wildman–Crippen LogP) is 3.19. The second-order valence-electron chi connectivity index (χ2n) is 7.67. The largest absolute Gasteiger partial charge is 0.441 e. The third-order valence-corrected chi connectivity index (χ3v) is 5.43. The minimum Gasteiger partial charge on any atom is -0.441 e. The number of nitrogens with zero attached hydrogens (tertiary/aromatic N) is 3. The van der Waals surface area contributed by atoms with Gasteiger partial charge in [0.05, 0.1) is 5.69 Å². The van der Waals surface area contributed by atoms with Crippen LogP contribution in [0.3, 0.4) is 0 Å². The van der Waals surface area contributed by atoms with E-state index in [-0.39, 0.29) is 11.8 Å². The molecule has 6 nitrogen and oxygen atoms in total. The Morgan fingerprint density at radius 1 is 1.29 bits per heavy atom.